The van der Waals surface area contributed by atoms with Crippen LogP contribution in [-0.4, -0.2) is 159 Å². The molecule has 27 heteroatoms. The van der Waals surface area contributed by atoms with Gasteiger partial charge in [0.25, 0.3) is 0 Å². The quantitative estimate of drug-likeness (QED) is 0.0192. The van der Waals surface area contributed by atoms with E-state index >= 15 is 0 Å². The van der Waals surface area contributed by atoms with Gasteiger partial charge in [0.15, 0.2) is 5.96 Å². The molecular weight excluding hydrogens is 959 g/mol. The Hall–Kier alpha value is -7.58. The van der Waals surface area contributed by atoms with E-state index in [4.69, 9.17) is 22.9 Å². The highest BCUT2D eigenvalue weighted by molar-refractivity contribution is 5.99. The Balaban J connectivity index is 1.88. The number of primary amides is 1. The van der Waals surface area contributed by atoms with Crippen LogP contribution in [0, 0.1) is 5.92 Å². The van der Waals surface area contributed by atoms with Crippen molar-refractivity contribution in [1.29, 1.82) is 0 Å². The van der Waals surface area contributed by atoms with Gasteiger partial charge in [-0.3, -0.25) is 52.9 Å². The molecule has 8 atom stereocenters. The summed E-state index contributed by atoms with van der Waals surface area (Å²) in [6.45, 7) is 3.94. The molecule has 0 bridgehead atoms. The number of aliphatic carboxylic acids is 2. The molecule has 0 aromatic heterocycles. The van der Waals surface area contributed by atoms with Crippen LogP contribution in [0.25, 0.3) is 0 Å². The van der Waals surface area contributed by atoms with E-state index in [1.807, 2.05) is 0 Å². The van der Waals surface area contributed by atoms with E-state index in [0.29, 0.717) is 18.4 Å². The first kappa shape index (κ1) is 59.7. The predicted molar refractivity (Wildman–Crippen MR) is 260 cm³/mol. The third-order valence-corrected chi connectivity index (χ3v) is 11.9. The number of carboxylic acids is 2. The zero-order valence-corrected chi connectivity index (χ0v) is 41.1. The lowest BCUT2D eigenvalue weighted by Gasteiger charge is -2.30. The van der Waals surface area contributed by atoms with Crippen LogP contribution in [0.15, 0.2) is 29.3 Å². The molecule has 0 radical (unpaired) electrons. The number of unbranched alkanes of at least 4 members (excludes halogenated alkanes) is 1. The topological polar surface area (TPSA) is 452 Å². The van der Waals surface area contributed by atoms with E-state index in [-0.39, 0.29) is 101 Å². The largest absolute Gasteiger partial charge is 0.508 e. The van der Waals surface area contributed by atoms with Gasteiger partial charge >= 0.3 is 11.9 Å². The van der Waals surface area contributed by atoms with Gasteiger partial charge in [-0.1, -0.05) is 26.0 Å². The maximum Gasteiger partial charge on any atom is 0.326 e. The van der Waals surface area contributed by atoms with Crippen LogP contribution in [0.3, 0.4) is 0 Å². The number of carbonyl (C=O) groups is 11. The van der Waals surface area contributed by atoms with Crippen LogP contribution in [0.5, 0.6) is 5.75 Å². The minimum Gasteiger partial charge on any atom is -0.508 e. The number of amides is 9. The maximum atomic E-state index is 14.2. The zero-order chi connectivity index (χ0) is 54.4. The molecule has 8 unspecified atom stereocenters. The number of hydrogen-bond donors (Lipinski definition) is 14. The first-order valence-corrected chi connectivity index (χ1v) is 24.2. The monoisotopic (exact) mass is 1030 g/mol. The predicted octanol–water partition coefficient (Wildman–Crippen LogP) is -3.83. The second-order valence-corrected chi connectivity index (χ2v) is 18.4. The maximum absolute atomic E-state index is 14.2. The number of carboxylic acid groups (broad SMARTS) is 2. The smallest absolute Gasteiger partial charge is 0.326 e. The molecule has 2 aliphatic rings. The number of aliphatic imine (C=N–C) groups is 1. The van der Waals surface area contributed by atoms with Crippen LogP contribution in [-0.2, 0) is 59.2 Å². The van der Waals surface area contributed by atoms with Crippen molar-refractivity contribution in [3.63, 3.8) is 0 Å². The minimum absolute atomic E-state index is 0.0311. The summed E-state index contributed by atoms with van der Waals surface area (Å²) in [5.41, 5.74) is 22.3. The second kappa shape index (κ2) is 29.7. The van der Waals surface area contributed by atoms with Crippen LogP contribution in [0.2, 0.25) is 0 Å². The van der Waals surface area contributed by atoms with Crippen LogP contribution >= 0.6 is 0 Å². The molecule has 2 aliphatic heterocycles. The lowest BCUT2D eigenvalue weighted by Crippen LogP contribution is -2.60. The van der Waals surface area contributed by atoms with Crippen LogP contribution in [0.4, 0.5) is 0 Å². The number of nitrogens with two attached hydrogens (primary N) is 4. The average molecular weight is 1030 g/mol. The summed E-state index contributed by atoms with van der Waals surface area (Å²) >= 11 is 0. The van der Waals surface area contributed by atoms with Gasteiger partial charge in [0, 0.05) is 32.4 Å². The Morgan fingerprint density at radius 3 is 1.90 bits per heavy atom. The van der Waals surface area contributed by atoms with Crippen molar-refractivity contribution in [2.75, 3.05) is 19.6 Å². The highest BCUT2D eigenvalue weighted by Gasteiger charge is 2.40. The fourth-order valence-electron chi connectivity index (χ4n) is 8.18. The second-order valence-electron chi connectivity index (χ2n) is 18.4. The average Bonchev–Trinajstić information content (AvgIpc) is 4.00. The number of guanidine groups is 1. The molecule has 9 amide bonds. The summed E-state index contributed by atoms with van der Waals surface area (Å²) in [6, 6.07) is -5.45. The van der Waals surface area contributed by atoms with Crippen molar-refractivity contribution < 1.29 is 68.1 Å². The molecule has 18 N–H and O–H groups in total. The van der Waals surface area contributed by atoms with Crippen LogP contribution < -0.4 is 60.2 Å². The number of likely N-dealkylation sites (tertiary alicyclic amines) is 1. The number of benzene rings is 1. The highest BCUT2D eigenvalue weighted by Crippen LogP contribution is 2.21. The molecule has 2 saturated heterocycles. The van der Waals surface area contributed by atoms with Crippen molar-refractivity contribution in [2.24, 2.45) is 33.8 Å². The number of phenols is 1. The number of phenolic OH excluding ortho intramolecular Hbond substituents is 1. The van der Waals surface area contributed by atoms with Crippen molar-refractivity contribution in [2.45, 2.75) is 152 Å². The molecule has 2 fully saturated rings. The number of nitrogens with one attached hydrogen (secondary N) is 7. The van der Waals surface area contributed by atoms with Gasteiger partial charge in [-0.05, 0) is 94.4 Å². The van der Waals surface area contributed by atoms with Crippen molar-refractivity contribution in [3.8, 4) is 5.75 Å². The fraction of sp³-hybridized carbons (Fsp3) is 0.609. The van der Waals surface area contributed by atoms with E-state index in [1.54, 1.807) is 13.8 Å². The molecule has 0 spiro atoms. The summed E-state index contributed by atoms with van der Waals surface area (Å²) in [6.07, 6.45) is -0.638. The van der Waals surface area contributed by atoms with E-state index in [1.165, 1.54) is 29.2 Å². The number of aromatic hydroxyl groups is 1. The summed E-state index contributed by atoms with van der Waals surface area (Å²) in [5, 5.41) is 46.8. The number of carbonyl (C=O) groups excluding carboxylic acids is 9. The minimum atomic E-state index is -1.82. The summed E-state index contributed by atoms with van der Waals surface area (Å²) in [4.78, 5) is 150. The Morgan fingerprint density at radius 1 is 0.726 bits per heavy atom. The normalized spacial score (nSPS) is 17.6. The Labute approximate surface area is 421 Å². The van der Waals surface area contributed by atoms with E-state index in [9.17, 15) is 68.1 Å². The lowest BCUT2D eigenvalue weighted by atomic mass is 10.00. The lowest BCUT2D eigenvalue weighted by molar-refractivity contribution is -0.145. The molecule has 3 rings (SSSR count). The molecule has 2 heterocycles. The standard InChI is InChI=1S/C46H71N13O14/c1-24(2)21-31(56-38(65)27-14-16-36(62)52-27)40(67)57-32(22-25-10-12-26(60)13-11-25)41(68)53-28(15-17-37(63)64)39(66)58-33(23-35(48)61)42(69)54-29(7-3-4-18-47)44(71)59-20-6-9-34(59)43(70)55-30(45(72)73)8-5-19-51-46(49)50/h10-13,24,27-34,60H,3-9,14-23,47H2,1-2H3,(H2,48,61)(H,52,62)(H,53,68)(H,54,69)(H,55,70)(H,56,65)(H,57,67)(H,58,66)(H,63,64)(H,72,73)(H4,49,50,51). The molecule has 404 valence electrons. The van der Waals surface area contributed by atoms with Gasteiger partial charge in [-0.25, -0.2) is 4.79 Å². The number of nitrogens with zero attached hydrogens (tertiary/aromatic N) is 2. The Kier molecular flexibility index (Phi) is 24.3. The van der Waals surface area contributed by atoms with Gasteiger partial charge in [0.05, 0.1) is 6.42 Å². The van der Waals surface area contributed by atoms with Crippen LogP contribution in [0.1, 0.15) is 103 Å². The Bertz CT molecular complexity index is 2170. The third-order valence-electron chi connectivity index (χ3n) is 11.9. The number of rotatable bonds is 31. The molecule has 1 aromatic rings. The van der Waals surface area contributed by atoms with Gasteiger partial charge < -0.3 is 80.4 Å². The zero-order valence-electron chi connectivity index (χ0n) is 41.1. The Morgan fingerprint density at radius 2 is 1.32 bits per heavy atom. The van der Waals surface area contributed by atoms with Gasteiger partial charge in [0.2, 0.25) is 53.2 Å². The highest BCUT2D eigenvalue weighted by atomic mass is 16.4. The van der Waals surface area contributed by atoms with Gasteiger partial charge in [-0.2, -0.15) is 0 Å². The van der Waals surface area contributed by atoms with E-state index in [0.717, 1.165) is 0 Å². The molecule has 1 aromatic carbocycles. The first-order chi connectivity index (χ1) is 34.5. The van der Waals surface area contributed by atoms with Gasteiger partial charge in [-0.15, -0.1) is 0 Å². The van der Waals surface area contributed by atoms with Crippen molar-refractivity contribution >= 4 is 71.1 Å². The molecular formula is C46H71N13O14. The molecule has 27 nitrogen and oxygen atoms in total. The first-order valence-electron chi connectivity index (χ1n) is 24.2. The van der Waals surface area contributed by atoms with Crippen molar-refractivity contribution in [3.05, 3.63) is 29.8 Å². The summed E-state index contributed by atoms with van der Waals surface area (Å²) < 4.78 is 0. The fourth-order valence-corrected chi connectivity index (χ4v) is 8.18. The van der Waals surface area contributed by atoms with Crippen molar-refractivity contribution in [1.82, 2.24) is 42.1 Å². The SMILES string of the molecule is CC(C)CC(NC(=O)C1CCC(=O)N1)C(=O)NC(Cc1ccc(O)cc1)C(=O)NC(CCC(=O)O)C(=O)NC(CC(N)=O)C(=O)NC(CCCCN)C(=O)N1CCCC1C(=O)NC(CCCN=C(N)N)C(=O)O. The van der Waals surface area contributed by atoms with E-state index < -0.39 is 127 Å². The number of hydrogen-bond acceptors (Lipinski definition) is 14. The molecule has 73 heavy (non-hydrogen) atoms. The third kappa shape index (κ3) is 20.6. The molecule has 0 saturated carbocycles. The van der Waals surface area contributed by atoms with Gasteiger partial charge in [0.1, 0.15) is 54.1 Å². The van der Waals surface area contributed by atoms with E-state index in [2.05, 4.69) is 42.2 Å². The summed E-state index contributed by atoms with van der Waals surface area (Å²) in [5.74, 6) is -10.8. The summed E-state index contributed by atoms with van der Waals surface area (Å²) in [7, 11) is 0. The molecule has 0 aliphatic carbocycles.